The van der Waals surface area contributed by atoms with E-state index in [-0.39, 0.29) is 17.9 Å². The van der Waals surface area contributed by atoms with Crippen LogP contribution < -0.4 is 9.47 Å². The zero-order chi connectivity index (χ0) is 27.6. The Bertz CT molecular complexity index is 962. The average molecular weight is 507 g/mol. The third-order valence-corrected chi connectivity index (χ3v) is 6.29. The first-order chi connectivity index (χ1) is 18.2. The molecule has 0 N–H and O–H groups in total. The van der Waals surface area contributed by atoms with Crippen LogP contribution in [0.2, 0.25) is 0 Å². The van der Waals surface area contributed by atoms with Gasteiger partial charge >= 0.3 is 0 Å². The van der Waals surface area contributed by atoms with Crippen LogP contribution in [0.15, 0.2) is 72.8 Å². The summed E-state index contributed by atoms with van der Waals surface area (Å²) in [4.78, 5) is 0. The van der Waals surface area contributed by atoms with Gasteiger partial charge in [-0.2, -0.15) is 0 Å². The summed E-state index contributed by atoms with van der Waals surface area (Å²) < 4.78 is 17.6. The summed E-state index contributed by atoms with van der Waals surface area (Å²) in [5.74, 6) is 2.43. The van der Waals surface area contributed by atoms with Crippen LogP contribution in [0.25, 0.3) is 0 Å². The molecule has 0 saturated carbocycles. The van der Waals surface area contributed by atoms with Gasteiger partial charge < -0.3 is 14.2 Å². The van der Waals surface area contributed by atoms with Gasteiger partial charge in [0.05, 0.1) is 19.3 Å². The fourth-order valence-corrected chi connectivity index (χ4v) is 4.49. The van der Waals surface area contributed by atoms with Crippen LogP contribution >= 0.6 is 0 Å². The minimum Gasteiger partial charge on any atom is -0.493 e. The SMILES string of the molecule is CC.CC.CC.CCC(CCOc1ccc([C@@H]2c3ccc(C)cc3OC[C@@H]2c2ccccc2)cc1)OC. The fourth-order valence-electron chi connectivity index (χ4n) is 4.49. The molecule has 1 aliphatic heterocycles. The van der Waals surface area contributed by atoms with Crippen LogP contribution in [0.4, 0.5) is 0 Å². The van der Waals surface area contributed by atoms with Crippen LogP contribution in [0.5, 0.6) is 11.5 Å². The van der Waals surface area contributed by atoms with E-state index in [0.717, 1.165) is 24.3 Å². The monoisotopic (exact) mass is 506 g/mol. The smallest absolute Gasteiger partial charge is 0.123 e. The number of hydrogen-bond acceptors (Lipinski definition) is 3. The first-order valence-electron chi connectivity index (χ1n) is 14.2. The molecular weight excluding hydrogens is 456 g/mol. The zero-order valence-corrected chi connectivity index (χ0v) is 24.7. The van der Waals surface area contributed by atoms with Crippen molar-refractivity contribution in [2.45, 2.75) is 86.2 Å². The summed E-state index contributed by atoms with van der Waals surface area (Å²) >= 11 is 0. The highest BCUT2D eigenvalue weighted by molar-refractivity contribution is 5.49. The van der Waals surface area contributed by atoms with Crippen LogP contribution in [0.1, 0.15) is 95.4 Å². The van der Waals surface area contributed by atoms with Crippen LogP contribution in [-0.2, 0) is 4.74 Å². The minimum absolute atomic E-state index is 0.249. The molecule has 0 spiro atoms. The van der Waals surface area contributed by atoms with Crippen molar-refractivity contribution >= 4 is 0 Å². The lowest BCUT2D eigenvalue weighted by molar-refractivity contribution is 0.0784. The molecule has 0 saturated heterocycles. The van der Waals surface area contributed by atoms with Crippen molar-refractivity contribution in [3.05, 3.63) is 95.1 Å². The van der Waals surface area contributed by atoms with Gasteiger partial charge in [-0.25, -0.2) is 0 Å². The van der Waals surface area contributed by atoms with Crippen molar-refractivity contribution in [3.63, 3.8) is 0 Å². The normalized spacial score (nSPS) is 16.1. The molecular formula is C34H50O3. The van der Waals surface area contributed by atoms with Gasteiger partial charge in [0, 0.05) is 30.9 Å². The molecule has 0 aliphatic carbocycles. The van der Waals surface area contributed by atoms with Gasteiger partial charge in [-0.15, -0.1) is 0 Å². The summed E-state index contributed by atoms with van der Waals surface area (Å²) in [5, 5.41) is 0. The molecule has 3 heteroatoms. The Morgan fingerprint density at radius 3 is 2.08 bits per heavy atom. The molecule has 0 amide bonds. The Labute approximate surface area is 227 Å². The predicted molar refractivity (Wildman–Crippen MR) is 159 cm³/mol. The number of hydrogen-bond donors (Lipinski definition) is 0. The van der Waals surface area contributed by atoms with Crippen LogP contribution in [0, 0.1) is 6.92 Å². The quantitative estimate of drug-likeness (QED) is 0.304. The van der Waals surface area contributed by atoms with Crippen molar-refractivity contribution in [3.8, 4) is 11.5 Å². The zero-order valence-electron chi connectivity index (χ0n) is 24.7. The summed E-state index contributed by atoms with van der Waals surface area (Å²) in [6.07, 6.45) is 2.16. The molecule has 0 radical (unpaired) electrons. The van der Waals surface area contributed by atoms with E-state index < -0.39 is 0 Å². The molecule has 1 heterocycles. The van der Waals surface area contributed by atoms with Crippen molar-refractivity contribution in [2.24, 2.45) is 0 Å². The number of rotatable bonds is 8. The topological polar surface area (TPSA) is 27.7 Å². The molecule has 1 aliphatic rings. The second-order valence-electron chi connectivity index (χ2n) is 8.32. The first kappa shape index (κ1) is 32.2. The lowest BCUT2D eigenvalue weighted by atomic mass is 9.75. The van der Waals surface area contributed by atoms with E-state index in [1.807, 2.05) is 41.5 Å². The van der Waals surface area contributed by atoms with Crippen molar-refractivity contribution in [1.82, 2.24) is 0 Å². The maximum atomic E-state index is 6.21. The molecule has 0 bridgehead atoms. The highest BCUT2D eigenvalue weighted by Gasteiger charge is 2.33. The Hall–Kier alpha value is -2.78. The second-order valence-corrected chi connectivity index (χ2v) is 8.32. The van der Waals surface area contributed by atoms with Gasteiger partial charge in [0.2, 0.25) is 0 Å². The summed E-state index contributed by atoms with van der Waals surface area (Å²) in [6.45, 7) is 17.6. The summed E-state index contributed by atoms with van der Waals surface area (Å²) in [6, 6.07) is 25.9. The fraction of sp³-hybridized carbons (Fsp3) is 0.471. The molecule has 37 heavy (non-hydrogen) atoms. The van der Waals surface area contributed by atoms with E-state index in [2.05, 4.69) is 86.6 Å². The average Bonchev–Trinajstić information content (AvgIpc) is 2.98. The molecule has 3 nitrogen and oxygen atoms in total. The van der Waals surface area contributed by atoms with Crippen LogP contribution in [0.3, 0.4) is 0 Å². The largest absolute Gasteiger partial charge is 0.493 e. The molecule has 0 aromatic heterocycles. The predicted octanol–water partition coefficient (Wildman–Crippen LogP) is 9.58. The molecule has 3 aromatic carbocycles. The van der Waals surface area contributed by atoms with E-state index in [0.29, 0.717) is 13.2 Å². The highest BCUT2D eigenvalue weighted by atomic mass is 16.5. The minimum atomic E-state index is 0.249. The number of fused-ring (bicyclic) bond motifs is 1. The van der Waals surface area contributed by atoms with Gasteiger partial charge in [-0.05, 0) is 48.2 Å². The Morgan fingerprint density at radius 2 is 1.49 bits per heavy atom. The third-order valence-electron chi connectivity index (χ3n) is 6.29. The van der Waals surface area contributed by atoms with Crippen molar-refractivity contribution in [2.75, 3.05) is 20.3 Å². The third kappa shape index (κ3) is 9.23. The van der Waals surface area contributed by atoms with Gasteiger partial charge in [0.1, 0.15) is 11.5 Å². The number of benzene rings is 3. The lowest BCUT2D eigenvalue weighted by Gasteiger charge is -2.34. The summed E-state index contributed by atoms with van der Waals surface area (Å²) in [7, 11) is 1.76. The maximum Gasteiger partial charge on any atom is 0.123 e. The number of ether oxygens (including phenoxy) is 3. The van der Waals surface area contributed by atoms with Crippen molar-refractivity contribution in [1.29, 1.82) is 0 Å². The maximum absolute atomic E-state index is 6.21. The first-order valence-corrected chi connectivity index (χ1v) is 14.2. The Kier molecular flexibility index (Phi) is 16.1. The summed E-state index contributed by atoms with van der Waals surface area (Å²) in [5.41, 5.74) is 5.08. The van der Waals surface area contributed by atoms with Crippen molar-refractivity contribution < 1.29 is 14.2 Å². The van der Waals surface area contributed by atoms with E-state index >= 15 is 0 Å². The highest BCUT2D eigenvalue weighted by Crippen LogP contribution is 2.46. The molecule has 3 aromatic rings. The molecule has 204 valence electrons. The van der Waals surface area contributed by atoms with Gasteiger partial charge in [0.15, 0.2) is 0 Å². The van der Waals surface area contributed by atoms with Gasteiger partial charge in [-0.1, -0.05) is 103 Å². The van der Waals surface area contributed by atoms with E-state index in [1.165, 1.54) is 22.3 Å². The van der Waals surface area contributed by atoms with Crippen LogP contribution in [-0.4, -0.2) is 26.4 Å². The Morgan fingerprint density at radius 1 is 0.838 bits per heavy atom. The van der Waals surface area contributed by atoms with Gasteiger partial charge in [-0.3, -0.25) is 0 Å². The molecule has 0 fully saturated rings. The van der Waals surface area contributed by atoms with E-state index in [1.54, 1.807) is 7.11 Å². The number of aryl methyl sites for hydroxylation is 1. The standard InChI is InChI=1S/C28H32O3.3C2H6/c1-4-23(29-3)16-17-30-24-13-11-22(12-14-24)28-25-15-10-20(2)18-27(25)31-19-26(28)21-8-6-5-7-9-21;3*1-2/h5-15,18,23,26,28H,4,16-17,19H2,1-3H3;3*1-2H3/t23?,26-,28-;;;/m1.../s1. The lowest BCUT2D eigenvalue weighted by Crippen LogP contribution is -2.25. The molecule has 4 rings (SSSR count). The Balaban J connectivity index is 0.00000106. The van der Waals surface area contributed by atoms with E-state index in [9.17, 15) is 0 Å². The number of methoxy groups -OCH3 is 1. The van der Waals surface area contributed by atoms with E-state index in [4.69, 9.17) is 14.2 Å². The molecule has 1 unspecified atom stereocenters. The molecule has 3 atom stereocenters. The van der Waals surface area contributed by atoms with Gasteiger partial charge in [0.25, 0.3) is 0 Å². The second kappa shape index (κ2) is 18.5.